The van der Waals surface area contributed by atoms with Crippen molar-refractivity contribution in [3.63, 3.8) is 0 Å². The molecule has 0 aliphatic rings. The van der Waals surface area contributed by atoms with Crippen molar-refractivity contribution in [3.8, 4) is 69.6 Å². The summed E-state index contributed by atoms with van der Waals surface area (Å²) in [5.74, 6) is 7.71. The maximum absolute atomic E-state index is 8.89. The number of rotatable bonds is 56. The van der Waals surface area contributed by atoms with E-state index in [9.17, 15) is 0 Å². The van der Waals surface area contributed by atoms with E-state index in [1.807, 2.05) is 255 Å². The molecule has 7 N–H and O–H groups in total. The molecule has 0 aliphatic carbocycles. The molecular formula is C121H157N13O13. The zero-order valence-corrected chi connectivity index (χ0v) is 88.3. The van der Waals surface area contributed by atoms with Gasteiger partial charge < -0.3 is 93.8 Å². The van der Waals surface area contributed by atoms with Crippen LogP contribution in [0.2, 0.25) is 0 Å². The van der Waals surface area contributed by atoms with Crippen LogP contribution >= 0.6 is 0 Å². The first-order chi connectivity index (χ1) is 72.4. The number of aromatic nitrogens is 7. The van der Waals surface area contributed by atoms with Crippen LogP contribution in [0.5, 0.6) is 69.6 Å². The number of methoxy groups -OCH3 is 1. The van der Waals surface area contributed by atoms with Gasteiger partial charge in [0.1, 0.15) is 60.8 Å². The quantitative estimate of drug-likeness (QED) is 0.0174. The van der Waals surface area contributed by atoms with Crippen molar-refractivity contribution in [1.82, 2.24) is 66.8 Å². The van der Waals surface area contributed by atoms with E-state index in [0.29, 0.717) is 78.0 Å². The molecule has 0 bridgehead atoms. The second kappa shape index (κ2) is 73.9. The summed E-state index contributed by atoms with van der Waals surface area (Å²) in [6, 6.07) is 98.4. The molecule has 0 radical (unpaired) electrons. The molecule has 0 saturated carbocycles. The van der Waals surface area contributed by atoms with E-state index in [4.69, 9.17) is 61.9 Å². The zero-order chi connectivity index (χ0) is 104. The molecule has 7 heterocycles. The van der Waals surface area contributed by atoms with Gasteiger partial charge in [-0.15, -0.1) is 0 Å². The second-order valence-corrected chi connectivity index (χ2v) is 33.4. The summed E-state index contributed by atoms with van der Waals surface area (Å²) in [5.41, 5.74) is 10.2. The number of hydrogen-bond acceptors (Lipinski definition) is 26. The van der Waals surface area contributed by atoms with Crippen molar-refractivity contribution in [2.75, 3.05) is 121 Å². The third-order valence-electron chi connectivity index (χ3n) is 22.5. The van der Waals surface area contributed by atoms with Gasteiger partial charge in [0, 0.05) is 81.9 Å². The Morgan fingerprint density at radius 1 is 0.245 bits per heavy atom. The molecule has 26 heteroatoms. The Morgan fingerprint density at radius 2 is 0.476 bits per heavy atom. The van der Waals surface area contributed by atoms with Crippen LogP contribution in [0.3, 0.4) is 0 Å². The number of benzene rings is 7. The number of hydrogen-bond donors (Lipinski definition) is 7. The molecule has 7 atom stereocenters. The average Bonchev–Trinajstić information content (AvgIpc) is 0.869. The van der Waals surface area contributed by atoms with Gasteiger partial charge in [0.2, 0.25) is 0 Å². The van der Waals surface area contributed by atoms with Crippen LogP contribution in [0, 0.1) is 0 Å². The van der Waals surface area contributed by atoms with Crippen molar-refractivity contribution < 1.29 is 61.9 Å². The molecule has 14 rings (SSSR count). The van der Waals surface area contributed by atoms with E-state index < -0.39 is 0 Å². The van der Waals surface area contributed by atoms with E-state index in [1.165, 1.54) is 16.7 Å². The lowest BCUT2D eigenvalue weighted by atomic mass is 10.1. The highest BCUT2D eigenvalue weighted by molar-refractivity contribution is 5.40. The summed E-state index contributed by atoms with van der Waals surface area (Å²) in [4.78, 5) is 29.9. The van der Waals surface area contributed by atoms with Crippen molar-refractivity contribution >= 4 is 0 Å². The molecule has 0 amide bonds. The Morgan fingerprint density at radius 3 is 0.721 bits per heavy atom. The predicted octanol–water partition coefficient (Wildman–Crippen LogP) is 23.7. The van der Waals surface area contributed by atoms with Crippen LogP contribution < -0.4 is 88.7 Å². The molecule has 0 spiro atoms. The molecule has 147 heavy (non-hydrogen) atoms. The van der Waals surface area contributed by atoms with E-state index in [0.717, 1.165) is 168 Å². The molecule has 0 aliphatic heterocycles. The minimum Gasteiger partial charge on any atom is -0.484 e. The average molecular weight is 2000 g/mol. The van der Waals surface area contributed by atoms with Gasteiger partial charge >= 0.3 is 0 Å². The summed E-state index contributed by atoms with van der Waals surface area (Å²) in [7, 11) is 9.39. The highest BCUT2D eigenvalue weighted by Gasteiger charge is 2.24. The number of nitrogens with zero attached hydrogens (tertiary/aromatic N) is 7. The van der Waals surface area contributed by atoms with Crippen LogP contribution in [-0.2, 0) is 12.8 Å². The predicted molar refractivity (Wildman–Crippen MR) is 590 cm³/mol. The minimum atomic E-state index is -0.0886. The van der Waals surface area contributed by atoms with Crippen LogP contribution in [0.15, 0.2) is 341 Å². The summed E-state index contributed by atoms with van der Waals surface area (Å²) in [5, 5.41) is 28.3. The molecule has 0 saturated heterocycles. The van der Waals surface area contributed by atoms with Crippen LogP contribution in [0.25, 0.3) is 0 Å². The molecule has 14 aromatic rings. The highest BCUT2D eigenvalue weighted by Crippen LogP contribution is 2.38. The zero-order valence-electron chi connectivity index (χ0n) is 88.3. The largest absolute Gasteiger partial charge is 0.484 e. The number of nitrogens with one attached hydrogen (secondary N) is 6. The Hall–Kier alpha value is -14.1. The van der Waals surface area contributed by atoms with E-state index in [-0.39, 0.29) is 55.9 Å². The second-order valence-electron chi connectivity index (χ2n) is 33.4. The number of aryl methyl sites for hydroxylation is 2. The van der Waals surface area contributed by atoms with Gasteiger partial charge in [0.05, 0.1) is 44.9 Å². The van der Waals surface area contributed by atoms with Gasteiger partial charge in [-0.1, -0.05) is 260 Å². The fourth-order valence-electron chi connectivity index (χ4n) is 15.2. The van der Waals surface area contributed by atoms with Crippen molar-refractivity contribution in [3.05, 3.63) is 391 Å². The van der Waals surface area contributed by atoms with Gasteiger partial charge in [0.15, 0.2) is 28.7 Å². The van der Waals surface area contributed by atoms with Crippen LogP contribution in [0.4, 0.5) is 0 Å². The Kier molecular flexibility index (Phi) is 59.4. The number of aliphatic hydroxyl groups excluding tert-OH is 1. The van der Waals surface area contributed by atoms with Crippen LogP contribution in [0.1, 0.15) is 206 Å². The minimum absolute atomic E-state index is 0.0244. The maximum Gasteiger partial charge on any atom is 0.257 e. The summed E-state index contributed by atoms with van der Waals surface area (Å²) in [6.07, 6.45) is 22.4. The van der Waals surface area contributed by atoms with E-state index in [2.05, 4.69) is 198 Å². The monoisotopic (exact) mass is 2000 g/mol. The number of pyridine rings is 7. The summed E-state index contributed by atoms with van der Waals surface area (Å²) in [6.45, 7) is 25.6. The summed E-state index contributed by atoms with van der Waals surface area (Å²) < 4.78 is 70.5. The summed E-state index contributed by atoms with van der Waals surface area (Å²) >= 11 is 0. The lowest BCUT2D eigenvalue weighted by Gasteiger charge is -2.21. The standard InChI is InChI=1S/C18H24N2O2.C18H24N2O.C17H22N2O3.2C17H22N2O2.C17H22N2O.C17H21NO2/c1-3-19-14-12-16(15-9-6-5-7-10-15)22-17-11-8-13-20-18(17)21-4-2;1-3-8-16-18(11-7-13-20-16)21-17(12-14-19-2)15-9-5-4-6-10-15;1-18-11-9-15(14-6-3-2-4-7-14)22-16-8-5-10-19-17(16)21-13-12-20;1-3-18-13-11-15(14-8-5-4-6-9-14)21-16-10-7-12-19-17(16)20-2;1-3-20-17-16(10-7-12-19-17)21-15(11-13-18-2)14-8-5-4-6-9-14;1-3-15-17(10-7-12-19-15)20-16(11-13-18-2)14-8-5-4-6-9-14;1-3-9-15(14-10-6-5-7-11-14)20-16-12-8-13-18-17(16)19-4-2/h5-11,13,16,19H,3-4,12,14H2,1-2H3;4-7,9-11,13,17,19H,3,8,12,14H2,1-2H3;2-8,10,15,18,20H,9,11-13H2,1H3;2*4-10,12,15,18H,3,11,13H2,1-2H3;4-10,12,16,18H,3,11,13H2,1-2H3;5-8,10-13,15H,3-4,9H2,1-2H3. The molecular weight excluding hydrogens is 1840 g/mol. The highest BCUT2D eigenvalue weighted by atomic mass is 16.6. The van der Waals surface area contributed by atoms with Gasteiger partial charge in [-0.05, 0) is 244 Å². The van der Waals surface area contributed by atoms with Gasteiger partial charge in [-0.3, -0.25) is 9.97 Å². The first-order valence-electron chi connectivity index (χ1n) is 51.7. The van der Waals surface area contributed by atoms with Crippen molar-refractivity contribution in [2.24, 2.45) is 0 Å². The number of ether oxygens (including phenoxy) is 12. The molecule has 784 valence electrons. The lowest BCUT2D eigenvalue weighted by Crippen LogP contribution is -2.19. The fraction of sp³-hybridized carbons (Fsp3) is 0.364. The van der Waals surface area contributed by atoms with Gasteiger partial charge in [-0.2, -0.15) is 0 Å². The molecule has 7 unspecified atom stereocenters. The molecule has 7 aromatic heterocycles. The Labute approximate surface area is 873 Å². The Balaban J connectivity index is 0.000000209. The third-order valence-corrected chi connectivity index (χ3v) is 22.5. The van der Waals surface area contributed by atoms with Gasteiger partial charge in [0.25, 0.3) is 29.4 Å². The maximum atomic E-state index is 8.89. The fourth-order valence-corrected chi connectivity index (χ4v) is 15.2. The molecule has 0 fully saturated rings. The first kappa shape index (κ1) is 118. The van der Waals surface area contributed by atoms with Gasteiger partial charge in [-0.25, -0.2) is 24.9 Å². The first-order valence-corrected chi connectivity index (χ1v) is 51.7. The topological polar surface area (TPSA) is 293 Å². The number of aliphatic hydroxyl groups is 1. The smallest absolute Gasteiger partial charge is 0.257 e. The van der Waals surface area contributed by atoms with Crippen molar-refractivity contribution in [1.29, 1.82) is 0 Å². The molecule has 7 aromatic carbocycles. The third kappa shape index (κ3) is 44.4. The van der Waals surface area contributed by atoms with E-state index in [1.54, 1.807) is 44.2 Å². The molecule has 26 nitrogen and oxygen atoms in total. The SMILES string of the molecule is CCCC(Oc1cccnc1OCC)c1ccccc1.CCCc1ncccc1OC(CCNC)c1ccccc1.CCNCCC(Oc1cccnc1OC)c1ccccc1.CCNCCC(Oc1cccnc1OCC)c1ccccc1.CCOc1ncccc1OC(CCNC)c1ccccc1.CCc1ncccc1OC(CCNC)c1ccccc1.CNCCC(Oc1cccnc1OCCO)c1ccccc1. The lowest BCUT2D eigenvalue weighted by molar-refractivity contribution is 0.163. The normalized spacial score (nSPS) is 12.0. The van der Waals surface area contributed by atoms with Crippen LogP contribution in [-0.4, -0.2) is 161 Å². The van der Waals surface area contributed by atoms with Crippen molar-refractivity contribution in [2.45, 2.75) is 169 Å². The van der Waals surface area contributed by atoms with E-state index >= 15 is 0 Å². The Bertz CT molecular complexity index is 5560.